The van der Waals surface area contributed by atoms with E-state index in [0.29, 0.717) is 99.5 Å². The minimum Gasteiger partial charge on any atom is -0.478 e. The fourth-order valence-electron chi connectivity index (χ4n) is 9.94. The number of likely N-dealkylation sites (tertiary alicyclic amines) is 1. The van der Waals surface area contributed by atoms with E-state index in [0.717, 1.165) is 70.3 Å². The number of carboxylic acids is 1. The number of piperazine rings is 1. The summed E-state index contributed by atoms with van der Waals surface area (Å²) in [4.78, 5) is 18.5. The first-order valence-corrected chi connectivity index (χ1v) is 28.6. The van der Waals surface area contributed by atoms with Crippen LogP contribution in [0.5, 0.6) is 0 Å². The van der Waals surface area contributed by atoms with E-state index in [2.05, 4.69) is 29.3 Å². The van der Waals surface area contributed by atoms with E-state index in [4.69, 9.17) is 11.6 Å². The quantitative estimate of drug-likeness (QED) is 0.0640. The van der Waals surface area contributed by atoms with Gasteiger partial charge >= 0.3 is 11.5 Å². The Balaban J connectivity index is 0.891. The van der Waals surface area contributed by atoms with E-state index in [1.165, 1.54) is 11.8 Å². The number of sulfone groups is 1. The number of benzene rings is 5. The minimum atomic E-state index is -6.03. The summed E-state index contributed by atoms with van der Waals surface area (Å²) in [6.07, 6.45) is 3.77. The maximum Gasteiger partial charge on any atom is 0.501 e. The predicted octanol–water partition coefficient (Wildman–Crippen LogP) is 10.4. The lowest BCUT2D eigenvalue weighted by atomic mass is 9.95. The maximum atomic E-state index is 14.3. The summed E-state index contributed by atoms with van der Waals surface area (Å²) in [5.74, 6) is -0.597. The lowest BCUT2D eigenvalue weighted by Gasteiger charge is -2.37. The van der Waals surface area contributed by atoms with Gasteiger partial charge in [-0.2, -0.15) is 13.2 Å². The van der Waals surface area contributed by atoms with Gasteiger partial charge in [-0.15, -0.1) is 11.8 Å². The number of anilines is 4. The Morgan fingerprint density at radius 2 is 1.45 bits per heavy atom. The molecule has 2 saturated heterocycles. The highest BCUT2D eigenvalue weighted by Crippen LogP contribution is 2.43. The molecule has 3 aliphatic heterocycles. The highest BCUT2D eigenvalue weighted by molar-refractivity contribution is 7.99. The first-order chi connectivity index (χ1) is 34.9. The standard InChI is InChI=1S/C53H56ClF3N6O7S3/c54-38-14-12-36(13-15-38)51-49(50(52(65)66)47-11-4-5-25-63(47)51)37-7-6-8-42(33-37)62-31-29-61(30-32-62)41-18-16-39(17-19-41)59-73(69,70)45-20-21-46(48(34-45)72(67,68)53(55,56)57)58-40(35-71-44-9-2-1-3-10-44)22-26-60-27-23-43(64)24-28-60/h1-3,6-10,12-21,33-34,40,43,58-59,64H,4-5,11,22-32,35H2,(H,65,66)/t40-/m1/s1. The van der Waals surface area contributed by atoms with Gasteiger partial charge in [-0.3, -0.25) is 4.72 Å². The number of alkyl halides is 3. The van der Waals surface area contributed by atoms with Gasteiger partial charge < -0.3 is 34.8 Å². The van der Waals surface area contributed by atoms with Crippen molar-refractivity contribution in [1.29, 1.82) is 0 Å². The van der Waals surface area contributed by atoms with Gasteiger partial charge in [0.05, 0.1) is 27.9 Å². The molecule has 0 spiro atoms. The van der Waals surface area contributed by atoms with Crippen molar-refractivity contribution in [2.45, 2.75) is 77.4 Å². The van der Waals surface area contributed by atoms with Crippen molar-refractivity contribution >= 4 is 71.9 Å². The highest BCUT2D eigenvalue weighted by atomic mass is 35.5. The van der Waals surface area contributed by atoms with Crippen LogP contribution in [0.25, 0.3) is 22.4 Å². The molecule has 0 radical (unpaired) electrons. The second-order valence-corrected chi connectivity index (χ2v) is 23.7. The number of aromatic carboxylic acids is 1. The molecule has 73 heavy (non-hydrogen) atoms. The average molecular weight is 1080 g/mol. The molecular formula is C53H56ClF3N6O7S3. The van der Waals surface area contributed by atoms with Crippen molar-refractivity contribution in [2.75, 3.05) is 71.4 Å². The Morgan fingerprint density at radius 3 is 2.12 bits per heavy atom. The van der Waals surface area contributed by atoms with Gasteiger partial charge in [0.15, 0.2) is 0 Å². The number of carboxylic acid groups (broad SMARTS) is 1. The van der Waals surface area contributed by atoms with Crippen molar-refractivity contribution in [2.24, 2.45) is 0 Å². The number of carbonyl (C=O) groups is 1. The molecule has 6 aromatic rings. The molecule has 386 valence electrons. The first-order valence-electron chi connectivity index (χ1n) is 24.2. The summed E-state index contributed by atoms with van der Waals surface area (Å²) >= 11 is 7.71. The van der Waals surface area contributed by atoms with Crippen LogP contribution in [0.3, 0.4) is 0 Å². The zero-order valence-electron chi connectivity index (χ0n) is 39.8. The summed E-state index contributed by atoms with van der Waals surface area (Å²) in [5, 5.41) is 24.2. The van der Waals surface area contributed by atoms with Gasteiger partial charge in [0, 0.05) is 102 Å². The molecule has 0 amide bonds. The normalized spacial score (nSPS) is 16.5. The molecular weight excluding hydrogens is 1020 g/mol. The number of nitrogens with zero attached hydrogens (tertiary/aromatic N) is 4. The molecule has 1 atom stereocenters. The molecule has 0 unspecified atom stereocenters. The molecule has 0 aliphatic carbocycles. The van der Waals surface area contributed by atoms with Crippen LogP contribution in [0.15, 0.2) is 136 Å². The van der Waals surface area contributed by atoms with Crippen LogP contribution in [0, 0.1) is 0 Å². The maximum absolute atomic E-state index is 14.3. The Kier molecular flexibility index (Phi) is 15.7. The van der Waals surface area contributed by atoms with Gasteiger partial charge in [0.25, 0.3) is 19.9 Å². The van der Waals surface area contributed by atoms with Crippen LogP contribution in [0.1, 0.15) is 48.2 Å². The molecule has 2 fully saturated rings. The van der Waals surface area contributed by atoms with E-state index in [9.17, 15) is 45.0 Å². The van der Waals surface area contributed by atoms with Gasteiger partial charge in [-0.25, -0.2) is 21.6 Å². The van der Waals surface area contributed by atoms with Gasteiger partial charge in [-0.1, -0.05) is 54.1 Å². The van der Waals surface area contributed by atoms with Gasteiger partial charge in [0.2, 0.25) is 0 Å². The molecule has 5 aromatic carbocycles. The molecule has 3 aliphatic rings. The number of sulfonamides is 1. The Labute approximate surface area is 432 Å². The molecule has 20 heteroatoms. The molecule has 4 heterocycles. The van der Waals surface area contributed by atoms with E-state index >= 15 is 0 Å². The third-order valence-corrected chi connectivity index (χ3v) is 18.1. The first kappa shape index (κ1) is 52.2. The van der Waals surface area contributed by atoms with Crippen molar-refractivity contribution in [3.8, 4) is 22.4 Å². The van der Waals surface area contributed by atoms with Crippen LogP contribution in [0.2, 0.25) is 5.02 Å². The topological polar surface area (TPSA) is 165 Å². The number of aliphatic hydroxyl groups excluding tert-OH is 1. The number of fused-ring (bicyclic) bond motifs is 1. The number of aromatic nitrogens is 1. The molecule has 9 rings (SSSR count). The van der Waals surface area contributed by atoms with Gasteiger partial charge in [0.1, 0.15) is 4.90 Å². The molecule has 4 N–H and O–H groups in total. The summed E-state index contributed by atoms with van der Waals surface area (Å²) in [7, 11) is -10.6. The van der Waals surface area contributed by atoms with E-state index in [1.807, 2.05) is 78.9 Å². The third-order valence-electron chi connectivity index (χ3n) is 13.8. The van der Waals surface area contributed by atoms with Crippen LogP contribution in [-0.4, -0.2) is 112 Å². The molecule has 1 aromatic heterocycles. The van der Waals surface area contributed by atoms with Crippen LogP contribution in [-0.2, 0) is 32.8 Å². The highest BCUT2D eigenvalue weighted by Gasteiger charge is 2.48. The van der Waals surface area contributed by atoms with Crippen molar-refractivity contribution in [3.05, 3.63) is 138 Å². The fraction of sp³-hybridized carbons (Fsp3) is 0.340. The number of halogens is 4. The fourth-order valence-corrected chi connectivity index (χ4v) is 13.2. The van der Waals surface area contributed by atoms with Gasteiger partial charge in [-0.05, 0) is 129 Å². The molecule has 13 nitrogen and oxygen atoms in total. The summed E-state index contributed by atoms with van der Waals surface area (Å²) < 4.78 is 101. The zero-order valence-corrected chi connectivity index (χ0v) is 43.0. The number of hydrogen-bond donors (Lipinski definition) is 4. The number of hydrogen-bond acceptors (Lipinski definition) is 11. The Morgan fingerprint density at radius 1 is 0.767 bits per heavy atom. The second kappa shape index (κ2) is 22.0. The number of aliphatic hydroxyl groups is 1. The van der Waals surface area contributed by atoms with Crippen molar-refractivity contribution in [3.63, 3.8) is 0 Å². The minimum absolute atomic E-state index is 0.121. The molecule has 0 bridgehead atoms. The summed E-state index contributed by atoms with van der Waals surface area (Å²) in [5.41, 5.74) is 0.174. The Bertz CT molecular complexity index is 3150. The third kappa shape index (κ3) is 11.8. The second-order valence-electron chi connectivity index (χ2n) is 18.6. The predicted molar refractivity (Wildman–Crippen MR) is 282 cm³/mol. The largest absolute Gasteiger partial charge is 0.501 e. The molecule has 0 saturated carbocycles. The van der Waals surface area contributed by atoms with E-state index < -0.39 is 47.2 Å². The number of piperidine rings is 1. The average Bonchev–Trinajstić information content (AvgIpc) is 3.74. The number of thioether (sulfide) groups is 1. The smallest absolute Gasteiger partial charge is 0.478 e. The van der Waals surface area contributed by atoms with Crippen LogP contribution >= 0.6 is 23.4 Å². The number of nitrogens with one attached hydrogen (secondary N) is 2. The van der Waals surface area contributed by atoms with Crippen LogP contribution < -0.4 is 19.8 Å². The monoisotopic (exact) mass is 1080 g/mol. The summed E-state index contributed by atoms with van der Waals surface area (Å²) in [6.45, 7) is 5.03. The lowest BCUT2D eigenvalue weighted by Crippen LogP contribution is -2.46. The van der Waals surface area contributed by atoms with Crippen molar-refractivity contribution < 1.29 is 45.0 Å². The SMILES string of the molecule is O=C(O)c1c(-c2cccc(N3CCN(c4ccc(NS(=O)(=O)c5ccc(N[C@H](CCN6CCC(O)CC6)CSc6ccccc6)c(S(=O)(=O)C(F)(F)F)c5)cc4)CC3)c2)c(-c2ccc(Cl)cc2)n2c1CCCC2. The Hall–Kier alpha value is -5.70. The zero-order chi connectivity index (χ0) is 51.5. The van der Waals surface area contributed by atoms with Crippen LogP contribution in [0.4, 0.5) is 35.9 Å². The van der Waals surface area contributed by atoms with Crippen molar-refractivity contribution in [1.82, 2.24) is 9.47 Å². The summed E-state index contributed by atoms with van der Waals surface area (Å²) in [6, 6.07) is 33.6. The van der Waals surface area contributed by atoms with E-state index in [-0.39, 0.29) is 17.5 Å². The van der Waals surface area contributed by atoms with E-state index in [1.54, 1.807) is 24.3 Å². The lowest BCUT2D eigenvalue weighted by molar-refractivity contribution is -0.0436. The number of rotatable bonds is 17.